The molecule has 0 spiro atoms. The van der Waals surface area contributed by atoms with E-state index in [-0.39, 0.29) is 11.5 Å². The van der Waals surface area contributed by atoms with Crippen molar-refractivity contribution in [2.45, 2.75) is 38.1 Å². The number of nitrogens with zero attached hydrogens (tertiary/aromatic N) is 2. The van der Waals surface area contributed by atoms with E-state index in [2.05, 4.69) is 45.5 Å². The summed E-state index contributed by atoms with van der Waals surface area (Å²) in [5.74, 6) is 1.15. The van der Waals surface area contributed by atoms with Crippen LogP contribution in [0.25, 0.3) is 0 Å². The van der Waals surface area contributed by atoms with Gasteiger partial charge < -0.3 is 15.0 Å². The molecule has 5 nitrogen and oxygen atoms in total. The van der Waals surface area contributed by atoms with Gasteiger partial charge in [0.2, 0.25) is 5.91 Å². The van der Waals surface area contributed by atoms with Gasteiger partial charge in [-0.15, -0.1) is 0 Å². The molecule has 0 radical (unpaired) electrons. The third-order valence-electron chi connectivity index (χ3n) is 6.23. The number of anilines is 1. The van der Waals surface area contributed by atoms with Gasteiger partial charge >= 0.3 is 0 Å². The Hall–Kier alpha value is -2.40. The van der Waals surface area contributed by atoms with E-state index >= 15 is 0 Å². The van der Waals surface area contributed by atoms with Crippen LogP contribution in [0.1, 0.15) is 42.9 Å². The maximum Gasteiger partial charge on any atom is 0.229 e. The quantitative estimate of drug-likeness (QED) is 0.858. The second-order valence-corrected chi connectivity index (χ2v) is 7.94. The summed E-state index contributed by atoms with van der Waals surface area (Å²) in [6.45, 7) is 2.16. The first-order valence-electron chi connectivity index (χ1n) is 10.3. The molecule has 148 valence electrons. The van der Waals surface area contributed by atoms with E-state index in [0.29, 0.717) is 19.1 Å². The Morgan fingerprint density at radius 3 is 2.79 bits per heavy atom. The van der Waals surface area contributed by atoms with Gasteiger partial charge in [0.25, 0.3) is 0 Å². The van der Waals surface area contributed by atoms with Gasteiger partial charge in [0.15, 0.2) is 0 Å². The maximum atomic E-state index is 13.9. The molecule has 1 amide bonds. The molecule has 0 saturated carbocycles. The third-order valence-corrected chi connectivity index (χ3v) is 6.23. The van der Waals surface area contributed by atoms with Crippen molar-refractivity contribution in [3.63, 3.8) is 0 Å². The fourth-order valence-corrected chi connectivity index (χ4v) is 4.67. The average Bonchev–Trinajstić information content (AvgIpc) is 3.24. The summed E-state index contributed by atoms with van der Waals surface area (Å²) in [6, 6.07) is 14.7. The molecule has 1 atom stereocenters. The third kappa shape index (κ3) is 3.76. The lowest BCUT2D eigenvalue weighted by Crippen LogP contribution is -2.48. The molecule has 0 bridgehead atoms. The van der Waals surface area contributed by atoms with Gasteiger partial charge in [-0.3, -0.25) is 4.79 Å². The van der Waals surface area contributed by atoms with E-state index in [4.69, 9.17) is 4.74 Å². The zero-order valence-electron chi connectivity index (χ0n) is 16.6. The van der Waals surface area contributed by atoms with E-state index < -0.39 is 0 Å². The molecule has 1 N–H and O–H groups in total. The number of ether oxygens (including phenoxy) is 1. The predicted molar refractivity (Wildman–Crippen MR) is 110 cm³/mol. The number of hydrogen-bond donors (Lipinski definition) is 1. The number of pyridine rings is 1. The highest BCUT2D eigenvalue weighted by atomic mass is 16.5. The topological polar surface area (TPSA) is 54.5 Å². The lowest BCUT2D eigenvalue weighted by Gasteiger charge is -2.40. The maximum absolute atomic E-state index is 13.9. The van der Waals surface area contributed by atoms with Crippen molar-refractivity contribution in [3.05, 3.63) is 59.8 Å². The molecular weight excluding hydrogens is 350 g/mol. The fourth-order valence-electron chi connectivity index (χ4n) is 4.67. The zero-order chi connectivity index (χ0) is 19.4. The van der Waals surface area contributed by atoms with Crippen molar-refractivity contribution in [1.29, 1.82) is 0 Å². The normalized spacial score (nSPS) is 21.5. The monoisotopic (exact) mass is 379 g/mol. The first-order valence-corrected chi connectivity index (χ1v) is 10.3. The summed E-state index contributed by atoms with van der Waals surface area (Å²) in [5, 5.41) is 3.11. The smallest absolute Gasteiger partial charge is 0.229 e. The van der Waals surface area contributed by atoms with Crippen LogP contribution in [-0.2, 0) is 16.0 Å². The van der Waals surface area contributed by atoms with Crippen molar-refractivity contribution in [2.75, 3.05) is 32.1 Å². The Kier molecular flexibility index (Phi) is 5.62. The standard InChI is InChI=1S/C23H29N3O2/c1-24-21-16-19(9-12-25-21)20-8-5-13-26(20)22(27)23(10-14-28-15-11-23)17-18-6-3-2-4-7-18/h2-4,6-7,9,12,16,20H,5,8,10-11,13-15,17H2,1H3,(H,24,25). The summed E-state index contributed by atoms with van der Waals surface area (Å²) in [5.41, 5.74) is 2.04. The van der Waals surface area contributed by atoms with E-state index in [1.54, 1.807) is 0 Å². The molecule has 5 heteroatoms. The molecular formula is C23H29N3O2. The fraction of sp³-hybridized carbons (Fsp3) is 0.478. The largest absolute Gasteiger partial charge is 0.381 e. The second-order valence-electron chi connectivity index (χ2n) is 7.94. The Morgan fingerprint density at radius 1 is 1.25 bits per heavy atom. The first-order chi connectivity index (χ1) is 13.7. The highest BCUT2D eigenvalue weighted by Gasteiger charge is 2.45. The van der Waals surface area contributed by atoms with Gasteiger partial charge in [0.05, 0.1) is 11.5 Å². The molecule has 0 aliphatic carbocycles. The number of benzene rings is 1. The summed E-state index contributed by atoms with van der Waals surface area (Å²) >= 11 is 0. The molecule has 2 aromatic rings. The summed E-state index contributed by atoms with van der Waals surface area (Å²) in [4.78, 5) is 20.4. The highest BCUT2D eigenvalue weighted by molar-refractivity contribution is 5.84. The molecule has 28 heavy (non-hydrogen) atoms. The minimum Gasteiger partial charge on any atom is -0.381 e. The van der Waals surface area contributed by atoms with Crippen LogP contribution < -0.4 is 5.32 Å². The van der Waals surface area contributed by atoms with Crippen molar-refractivity contribution in [1.82, 2.24) is 9.88 Å². The predicted octanol–water partition coefficient (Wildman–Crippen LogP) is 3.83. The number of carbonyl (C=O) groups excluding carboxylic acids is 1. The van der Waals surface area contributed by atoms with Crippen LogP contribution in [0.3, 0.4) is 0 Å². The number of aromatic nitrogens is 1. The molecule has 2 saturated heterocycles. The van der Waals surface area contributed by atoms with Crippen LogP contribution >= 0.6 is 0 Å². The van der Waals surface area contributed by atoms with E-state index in [1.165, 1.54) is 11.1 Å². The summed E-state index contributed by atoms with van der Waals surface area (Å²) < 4.78 is 5.63. The van der Waals surface area contributed by atoms with E-state index in [0.717, 1.165) is 44.5 Å². The van der Waals surface area contributed by atoms with Gasteiger partial charge in [-0.1, -0.05) is 30.3 Å². The molecule has 1 aromatic carbocycles. The molecule has 2 fully saturated rings. The Labute approximate surface area is 167 Å². The number of carbonyl (C=O) groups is 1. The van der Waals surface area contributed by atoms with Gasteiger partial charge in [-0.25, -0.2) is 4.98 Å². The van der Waals surface area contributed by atoms with Crippen molar-refractivity contribution in [3.8, 4) is 0 Å². The lowest BCUT2D eigenvalue weighted by atomic mass is 9.73. The van der Waals surface area contributed by atoms with E-state index in [9.17, 15) is 4.79 Å². The van der Waals surface area contributed by atoms with Crippen LogP contribution in [0, 0.1) is 5.41 Å². The second kappa shape index (κ2) is 8.31. The molecule has 1 aromatic heterocycles. The van der Waals surface area contributed by atoms with Crippen LogP contribution in [0.2, 0.25) is 0 Å². The lowest BCUT2D eigenvalue weighted by molar-refractivity contribution is -0.149. The number of rotatable bonds is 5. The van der Waals surface area contributed by atoms with Crippen LogP contribution in [0.5, 0.6) is 0 Å². The van der Waals surface area contributed by atoms with Gasteiger partial charge in [-0.05, 0) is 55.4 Å². The SMILES string of the molecule is CNc1cc(C2CCCN2C(=O)C2(Cc3ccccc3)CCOCC2)ccn1. The van der Waals surface area contributed by atoms with Crippen molar-refractivity contribution >= 4 is 11.7 Å². The summed E-state index contributed by atoms with van der Waals surface area (Å²) in [7, 11) is 1.88. The van der Waals surface area contributed by atoms with Crippen molar-refractivity contribution in [2.24, 2.45) is 5.41 Å². The van der Waals surface area contributed by atoms with Crippen molar-refractivity contribution < 1.29 is 9.53 Å². The number of nitrogens with one attached hydrogen (secondary N) is 1. The van der Waals surface area contributed by atoms with Gasteiger partial charge in [-0.2, -0.15) is 0 Å². The first kappa shape index (κ1) is 18.9. The highest BCUT2D eigenvalue weighted by Crippen LogP contribution is 2.42. The Bertz CT molecular complexity index is 803. The van der Waals surface area contributed by atoms with E-state index in [1.807, 2.05) is 25.4 Å². The summed E-state index contributed by atoms with van der Waals surface area (Å²) in [6.07, 6.45) is 6.26. The van der Waals surface area contributed by atoms with Crippen LogP contribution in [0.4, 0.5) is 5.82 Å². The van der Waals surface area contributed by atoms with Crippen LogP contribution in [0.15, 0.2) is 48.7 Å². The number of likely N-dealkylation sites (tertiary alicyclic amines) is 1. The van der Waals surface area contributed by atoms with Gasteiger partial charge in [0, 0.05) is 33.0 Å². The zero-order valence-corrected chi connectivity index (χ0v) is 16.6. The average molecular weight is 380 g/mol. The number of hydrogen-bond acceptors (Lipinski definition) is 4. The van der Waals surface area contributed by atoms with Crippen LogP contribution in [-0.4, -0.2) is 42.6 Å². The molecule has 2 aliphatic heterocycles. The molecule has 3 heterocycles. The Balaban J connectivity index is 1.62. The molecule has 2 aliphatic rings. The molecule has 1 unspecified atom stereocenters. The molecule has 4 rings (SSSR count). The minimum atomic E-state index is -0.360. The Morgan fingerprint density at radius 2 is 2.04 bits per heavy atom. The van der Waals surface area contributed by atoms with Gasteiger partial charge in [0.1, 0.15) is 5.82 Å². The minimum absolute atomic E-state index is 0.137. The number of amides is 1.